The number of alkyl halides is 2. The van der Waals surface area contributed by atoms with Crippen LogP contribution >= 0.6 is 0 Å². The second-order valence-corrected chi connectivity index (χ2v) is 2.51. The van der Waals surface area contributed by atoms with Crippen LogP contribution in [-0.2, 0) is 4.79 Å². The minimum Gasteiger partial charge on any atom is -0.346 e. The Morgan fingerprint density at radius 1 is 1.23 bits per heavy atom. The summed E-state index contributed by atoms with van der Waals surface area (Å²) < 4.78 is 24.7. The molecule has 0 aliphatic rings. The third-order valence-electron chi connectivity index (χ3n) is 1.66. The van der Waals surface area contributed by atoms with Crippen molar-refractivity contribution in [1.82, 2.24) is 5.32 Å². The number of benzene rings is 1. The second kappa shape index (κ2) is 4.54. The van der Waals surface area contributed by atoms with E-state index in [4.69, 9.17) is 0 Å². The molecule has 0 radical (unpaired) electrons. The van der Waals surface area contributed by atoms with Gasteiger partial charge in [-0.15, -0.1) is 0 Å². The van der Waals surface area contributed by atoms with Crippen molar-refractivity contribution in [3.05, 3.63) is 35.9 Å². The summed E-state index contributed by atoms with van der Waals surface area (Å²) in [4.78, 5) is 10.0. The fourth-order valence-electron chi connectivity index (χ4n) is 1.05. The maximum absolute atomic E-state index is 12.4. The summed E-state index contributed by atoms with van der Waals surface area (Å²) in [6.07, 6.45) is -2.31. The van der Waals surface area contributed by atoms with Gasteiger partial charge in [0.1, 0.15) is 6.04 Å². The van der Waals surface area contributed by atoms with Crippen LogP contribution in [0.4, 0.5) is 8.78 Å². The average molecular weight is 185 g/mol. The van der Waals surface area contributed by atoms with Crippen molar-refractivity contribution in [2.45, 2.75) is 12.5 Å². The van der Waals surface area contributed by atoms with Crippen LogP contribution in [0.1, 0.15) is 11.6 Å². The molecule has 4 heteroatoms. The van der Waals surface area contributed by atoms with E-state index < -0.39 is 12.5 Å². The summed E-state index contributed by atoms with van der Waals surface area (Å²) >= 11 is 0. The Bertz CT molecular complexity index is 264. The summed E-state index contributed by atoms with van der Waals surface area (Å²) in [7, 11) is 0. The van der Waals surface area contributed by atoms with Crippen molar-refractivity contribution in [2.24, 2.45) is 0 Å². The summed E-state index contributed by atoms with van der Waals surface area (Å²) in [5, 5.41) is 2.07. The van der Waals surface area contributed by atoms with Gasteiger partial charge in [0.05, 0.1) is 0 Å². The van der Waals surface area contributed by atoms with Gasteiger partial charge in [-0.2, -0.15) is 0 Å². The zero-order chi connectivity index (χ0) is 9.68. The maximum Gasteiger partial charge on any atom is 0.262 e. The van der Waals surface area contributed by atoms with Gasteiger partial charge < -0.3 is 5.32 Å². The molecular weight excluding hydrogens is 176 g/mol. The second-order valence-electron chi connectivity index (χ2n) is 2.51. The van der Waals surface area contributed by atoms with Crippen molar-refractivity contribution in [3.8, 4) is 0 Å². The molecule has 0 heterocycles. The first-order valence-electron chi connectivity index (χ1n) is 3.78. The summed E-state index contributed by atoms with van der Waals surface area (Å²) in [5.74, 6) is 0. The van der Waals surface area contributed by atoms with Crippen LogP contribution in [0.25, 0.3) is 0 Å². The average Bonchev–Trinajstić information content (AvgIpc) is 2.15. The van der Waals surface area contributed by atoms with E-state index in [1.807, 2.05) is 0 Å². The van der Waals surface area contributed by atoms with Crippen molar-refractivity contribution in [1.29, 1.82) is 0 Å². The Morgan fingerprint density at radius 2 is 1.85 bits per heavy atom. The summed E-state index contributed by atoms with van der Waals surface area (Å²) in [6.45, 7) is 0. The van der Waals surface area contributed by atoms with E-state index in [0.29, 0.717) is 5.56 Å². The lowest BCUT2D eigenvalue weighted by Gasteiger charge is -2.14. The number of amides is 1. The Morgan fingerprint density at radius 3 is 2.31 bits per heavy atom. The predicted molar refractivity (Wildman–Crippen MR) is 44.4 cm³/mol. The monoisotopic (exact) mass is 185 g/mol. The van der Waals surface area contributed by atoms with Gasteiger partial charge in [-0.1, -0.05) is 30.3 Å². The SMILES string of the molecule is O=CNC(c1ccccc1)C(F)F. The number of carbonyl (C=O) groups excluding carboxylic acids is 1. The highest BCUT2D eigenvalue weighted by molar-refractivity contribution is 5.47. The molecule has 0 aliphatic carbocycles. The fraction of sp³-hybridized carbons (Fsp3) is 0.222. The Balaban J connectivity index is 2.82. The van der Waals surface area contributed by atoms with Crippen molar-refractivity contribution >= 4 is 6.41 Å². The summed E-state index contributed by atoms with van der Waals surface area (Å²) in [5.41, 5.74) is 0.407. The molecule has 1 aromatic carbocycles. The number of hydrogen-bond donors (Lipinski definition) is 1. The van der Waals surface area contributed by atoms with Gasteiger partial charge in [0.2, 0.25) is 6.41 Å². The molecule has 1 atom stereocenters. The molecule has 0 saturated heterocycles. The first kappa shape index (κ1) is 9.64. The maximum atomic E-state index is 12.4. The topological polar surface area (TPSA) is 29.1 Å². The molecule has 0 aliphatic heterocycles. The predicted octanol–water partition coefficient (Wildman–Crippen LogP) is 1.74. The molecule has 2 nitrogen and oxygen atoms in total. The number of rotatable bonds is 4. The fourth-order valence-corrected chi connectivity index (χ4v) is 1.05. The molecule has 1 unspecified atom stereocenters. The Kier molecular flexibility index (Phi) is 3.37. The van der Waals surface area contributed by atoms with Crippen LogP contribution in [0.5, 0.6) is 0 Å². The third-order valence-corrected chi connectivity index (χ3v) is 1.66. The van der Waals surface area contributed by atoms with Crippen molar-refractivity contribution in [2.75, 3.05) is 0 Å². The Hall–Kier alpha value is -1.45. The van der Waals surface area contributed by atoms with E-state index >= 15 is 0 Å². The molecule has 0 fully saturated rings. The summed E-state index contributed by atoms with van der Waals surface area (Å²) in [6, 6.07) is 6.92. The lowest BCUT2D eigenvalue weighted by molar-refractivity contribution is -0.111. The lowest BCUT2D eigenvalue weighted by Crippen LogP contribution is -2.25. The zero-order valence-corrected chi connectivity index (χ0v) is 6.78. The van der Waals surface area contributed by atoms with Gasteiger partial charge >= 0.3 is 0 Å². The van der Waals surface area contributed by atoms with Crippen molar-refractivity contribution < 1.29 is 13.6 Å². The van der Waals surface area contributed by atoms with Gasteiger partial charge in [0, 0.05) is 0 Å². The van der Waals surface area contributed by atoms with E-state index in [1.165, 1.54) is 0 Å². The van der Waals surface area contributed by atoms with E-state index in [9.17, 15) is 13.6 Å². The van der Waals surface area contributed by atoms with Crippen molar-refractivity contribution in [3.63, 3.8) is 0 Å². The standard InChI is InChI=1S/C9H9F2NO/c10-9(11)8(12-6-13)7-4-2-1-3-5-7/h1-6,8-9H,(H,12,13). The van der Waals surface area contributed by atoms with Crippen LogP contribution in [0.15, 0.2) is 30.3 Å². The van der Waals surface area contributed by atoms with Gasteiger partial charge in [-0.25, -0.2) is 8.78 Å². The van der Waals surface area contributed by atoms with Crippen LogP contribution in [-0.4, -0.2) is 12.8 Å². The van der Waals surface area contributed by atoms with Crippen LogP contribution in [0.2, 0.25) is 0 Å². The number of nitrogens with one attached hydrogen (secondary N) is 1. The van der Waals surface area contributed by atoms with E-state index in [2.05, 4.69) is 5.32 Å². The highest BCUT2D eigenvalue weighted by Crippen LogP contribution is 2.19. The van der Waals surface area contributed by atoms with E-state index in [-0.39, 0.29) is 6.41 Å². The molecule has 0 bridgehead atoms. The molecule has 1 rings (SSSR count). The molecule has 0 spiro atoms. The normalized spacial score (nSPS) is 12.5. The van der Waals surface area contributed by atoms with Crippen LogP contribution in [0, 0.1) is 0 Å². The van der Waals surface area contributed by atoms with E-state index in [0.717, 1.165) is 0 Å². The first-order valence-corrected chi connectivity index (χ1v) is 3.78. The van der Waals surface area contributed by atoms with E-state index in [1.54, 1.807) is 30.3 Å². The molecule has 70 valence electrons. The molecule has 13 heavy (non-hydrogen) atoms. The Labute approximate surface area is 74.6 Å². The van der Waals surface area contributed by atoms with Crippen LogP contribution < -0.4 is 5.32 Å². The molecular formula is C9H9F2NO. The van der Waals surface area contributed by atoms with Gasteiger partial charge in [0.25, 0.3) is 6.43 Å². The smallest absolute Gasteiger partial charge is 0.262 e. The highest BCUT2D eigenvalue weighted by Gasteiger charge is 2.20. The van der Waals surface area contributed by atoms with Gasteiger partial charge in [-0.05, 0) is 5.56 Å². The zero-order valence-electron chi connectivity index (χ0n) is 6.78. The van der Waals surface area contributed by atoms with Gasteiger partial charge in [0.15, 0.2) is 0 Å². The molecule has 1 aromatic rings. The minimum atomic E-state index is -2.59. The number of halogens is 2. The van der Waals surface area contributed by atoms with Crippen LogP contribution in [0.3, 0.4) is 0 Å². The molecule has 0 aromatic heterocycles. The van der Waals surface area contributed by atoms with Gasteiger partial charge in [-0.3, -0.25) is 4.79 Å². The highest BCUT2D eigenvalue weighted by atomic mass is 19.3. The largest absolute Gasteiger partial charge is 0.346 e. The lowest BCUT2D eigenvalue weighted by atomic mass is 10.1. The minimum absolute atomic E-state index is 0.282. The molecule has 1 N–H and O–H groups in total. The molecule has 0 saturated carbocycles. The number of hydrogen-bond acceptors (Lipinski definition) is 1. The quantitative estimate of drug-likeness (QED) is 0.711. The molecule has 1 amide bonds. The first-order chi connectivity index (χ1) is 6.25. The third kappa shape index (κ3) is 2.50. The number of carbonyl (C=O) groups is 1.